The molecule has 1 saturated carbocycles. The fraction of sp³-hybridized carbons (Fsp3) is 0.526. The van der Waals surface area contributed by atoms with Crippen LogP contribution in [0.5, 0.6) is 0 Å². The molecule has 1 aliphatic heterocycles. The molecule has 2 unspecified atom stereocenters. The lowest BCUT2D eigenvalue weighted by Crippen LogP contribution is -2.42. The Balaban J connectivity index is 1.75. The number of carboxylic acid groups (broad SMARTS) is 1. The Labute approximate surface area is 151 Å². The highest BCUT2D eigenvalue weighted by Crippen LogP contribution is 2.33. The van der Waals surface area contributed by atoms with Crippen LogP contribution in [0.1, 0.15) is 48.9 Å². The molecule has 140 valence electrons. The van der Waals surface area contributed by atoms with Crippen molar-refractivity contribution in [2.45, 2.75) is 38.5 Å². The van der Waals surface area contributed by atoms with Gasteiger partial charge in [0, 0.05) is 24.9 Å². The zero-order valence-corrected chi connectivity index (χ0v) is 14.5. The van der Waals surface area contributed by atoms with E-state index >= 15 is 0 Å². The molecule has 1 heterocycles. The second-order valence-corrected chi connectivity index (χ2v) is 7.02. The van der Waals surface area contributed by atoms with Crippen LogP contribution in [0.2, 0.25) is 0 Å². The Morgan fingerprint density at radius 1 is 1.04 bits per heavy atom. The van der Waals surface area contributed by atoms with E-state index in [1.54, 1.807) is 0 Å². The number of hydrogen-bond acceptors (Lipinski definition) is 3. The third-order valence-corrected chi connectivity index (χ3v) is 5.31. The summed E-state index contributed by atoms with van der Waals surface area (Å²) in [5.41, 5.74) is -0.261. The van der Waals surface area contributed by atoms with Gasteiger partial charge in [-0.05, 0) is 43.9 Å². The summed E-state index contributed by atoms with van der Waals surface area (Å²) in [4.78, 5) is 38.4. The number of hydrogen-bond donors (Lipinski definition) is 2. The van der Waals surface area contributed by atoms with Gasteiger partial charge in [0.1, 0.15) is 5.82 Å². The molecule has 0 radical (unpaired) electrons. The van der Waals surface area contributed by atoms with Gasteiger partial charge in [-0.3, -0.25) is 9.59 Å². The number of carbonyl (C=O) groups is 3. The third kappa shape index (κ3) is 3.86. The molecule has 1 aromatic rings. The number of carbonyl (C=O) groups excluding carboxylic acids is 2. The van der Waals surface area contributed by atoms with Crippen LogP contribution in [-0.2, 0) is 9.59 Å². The third-order valence-electron chi connectivity index (χ3n) is 5.31. The molecule has 2 aliphatic rings. The predicted molar refractivity (Wildman–Crippen MR) is 93.3 cm³/mol. The van der Waals surface area contributed by atoms with Crippen molar-refractivity contribution in [3.63, 3.8) is 0 Å². The molecule has 2 atom stereocenters. The highest BCUT2D eigenvalue weighted by molar-refractivity contribution is 5.97. The van der Waals surface area contributed by atoms with Crippen molar-refractivity contribution in [1.29, 1.82) is 0 Å². The van der Waals surface area contributed by atoms with Crippen molar-refractivity contribution in [2.24, 2.45) is 11.8 Å². The average Bonchev–Trinajstić information content (AvgIpc) is 3.17. The number of benzene rings is 1. The minimum atomic E-state index is -1.19. The molecule has 0 aromatic heterocycles. The standard InChI is InChI=1S/C19H23FN2O4/c20-15-8-7-12(19(25)26)11-16(15)21-17(23)13-5-1-2-6-14(13)18(24)22-9-3-4-10-22/h7-8,11,13-14H,1-6,9-10H2,(H,21,23)(H,25,26). The zero-order chi connectivity index (χ0) is 18.7. The molecular weight excluding hydrogens is 339 g/mol. The predicted octanol–water partition coefficient (Wildman–Crippen LogP) is 2.89. The maximum absolute atomic E-state index is 14.0. The van der Waals surface area contributed by atoms with Crippen molar-refractivity contribution < 1.29 is 23.9 Å². The Bertz CT molecular complexity index is 715. The Morgan fingerprint density at radius 2 is 1.69 bits per heavy atom. The monoisotopic (exact) mass is 362 g/mol. The van der Waals surface area contributed by atoms with E-state index in [4.69, 9.17) is 5.11 Å². The van der Waals surface area contributed by atoms with E-state index in [-0.39, 0.29) is 23.1 Å². The quantitative estimate of drug-likeness (QED) is 0.862. The molecule has 7 heteroatoms. The number of nitrogens with zero attached hydrogens (tertiary/aromatic N) is 1. The molecule has 2 fully saturated rings. The Hall–Kier alpha value is -2.44. The number of likely N-dealkylation sites (tertiary alicyclic amines) is 1. The van der Waals surface area contributed by atoms with Crippen LogP contribution in [0, 0.1) is 17.7 Å². The first-order chi connectivity index (χ1) is 12.5. The van der Waals surface area contributed by atoms with Crippen LogP contribution in [-0.4, -0.2) is 40.9 Å². The molecule has 1 aliphatic carbocycles. The Morgan fingerprint density at radius 3 is 2.35 bits per heavy atom. The van der Waals surface area contributed by atoms with E-state index in [0.29, 0.717) is 12.8 Å². The van der Waals surface area contributed by atoms with E-state index in [1.165, 1.54) is 0 Å². The lowest BCUT2D eigenvalue weighted by molar-refractivity contribution is -0.141. The van der Waals surface area contributed by atoms with Crippen molar-refractivity contribution >= 4 is 23.5 Å². The maximum Gasteiger partial charge on any atom is 0.335 e. The van der Waals surface area contributed by atoms with Gasteiger partial charge >= 0.3 is 5.97 Å². The van der Waals surface area contributed by atoms with Gasteiger partial charge < -0.3 is 15.3 Å². The van der Waals surface area contributed by atoms with Crippen LogP contribution in [0.25, 0.3) is 0 Å². The summed E-state index contributed by atoms with van der Waals surface area (Å²) in [6.07, 6.45) is 4.96. The number of amides is 2. The molecule has 2 amide bonds. The van der Waals surface area contributed by atoms with Crippen LogP contribution in [0.4, 0.5) is 10.1 Å². The fourth-order valence-electron chi connectivity index (χ4n) is 3.89. The van der Waals surface area contributed by atoms with Crippen molar-refractivity contribution in [3.8, 4) is 0 Å². The average molecular weight is 362 g/mol. The van der Waals surface area contributed by atoms with Crippen LogP contribution >= 0.6 is 0 Å². The van der Waals surface area contributed by atoms with Gasteiger partial charge in [0.2, 0.25) is 11.8 Å². The van der Waals surface area contributed by atoms with Crippen molar-refractivity contribution in [3.05, 3.63) is 29.6 Å². The molecule has 26 heavy (non-hydrogen) atoms. The summed E-state index contributed by atoms with van der Waals surface area (Å²) in [5.74, 6) is -3.18. The fourth-order valence-corrected chi connectivity index (χ4v) is 3.89. The molecule has 1 aromatic carbocycles. The van der Waals surface area contributed by atoms with Crippen LogP contribution in [0.3, 0.4) is 0 Å². The van der Waals surface area contributed by atoms with E-state index in [1.807, 2.05) is 4.90 Å². The first-order valence-electron chi connectivity index (χ1n) is 9.10. The van der Waals surface area contributed by atoms with E-state index in [9.17, 15) is 18.8 Å². The van der Waals surface area contributed by atoms with E-state index < -0.39 is 23.6 Å². The highest BCUT2D eigenvalue weighted by Gasteiger charge is 2.38. The summed E-state index contributed by atoms with van der Waals surface area (Å²) in [6, 6.07) is 3.27. The normalized spacial score (nSPS) is 22.9. The molecule has 2 N–H and O–H groups in total. The zero-order valence-electron chi connectivity index (χ0n) is 14.5. The second kappa shape index (κ2) is 7.85. The highest BCUT2D eigenvalue weighted by atomic mass is 19.1. The molecule has 3 rings (SSSR count). The van der Waals surface area contributed by atoms with E-state index in [0.717, 1.165) is 57.0 Å². The van der Waals surface area contributed by atoms with Gasteiger partial charge in [0.05, 0.1) is 11.3 Å². The van der Waals surface area contributed by atoms with Gasteiger partial charge in [0.15, 0.2) is 0 Å². The topological polar surface area (TPSA) is 86.7 Å². The minimum Gasteiger partial charge on any atom is -0.478 e. The molecule has 6 nitrogen and oxygen atoms in total. The molecule has 1 saturated heterocycles. The number of rotatable bonds is 4. The second-order valence-electron chi connectivity index (χ2n) is 7.02. The van der Waals surface area contributed by atoms with Gasteiger partial charge in [0.25, 0.3) is 0 Å². The van der Waals surface area contributed by atoms with Gasteiger partial charge in [-0.1, -0.05) is 12.8 Å². The number of aromatic carboxylic acids is 1. The van der Waals surface area contributed by atoms with Crippen molar-refractivity contribution in [2.75, 3.05) is 18.4 Å². The first kappa shape index (κ1) is 18.4. The lowest BCUT2D eigenvalue weighted by atomic mass is 9.77. The smallest absolute Gasteiger partial charge is 0.335 e. The number of halogens is 1. The number of nitrogens with one attached hydrogen (secondary N) is 1. The first-order valence-corrected chi connectivity index (χ1v) is 9.10. The summed E-state index contributed by atoms with van der Waals surface area (Å²) in [5, 5.41) is 11.5. The summed E-state index contributed by atoms with van der Waals surface area (Å²) >= 11 is 0. The lowest BCUT2D eigenvalue weighted by Gasteiger charge is -2.32. The van der Waals surface area contributed by atoms with Crippen molar-refractivity contribution in [1.82, 2.24) is 4.90 Å². The van der Waals surface area contributed by atoms with Gasteiger partial charge in [-0.25, -0.2) is 9.18 Å². The molecular formula is C19H23FN2O4. The van der Waals surface area contributed by atoms with Crippen LogP contribution < -0.4 is 5.32 Å². The SMILES string of the molecule is O=C(O)c1ccc(F)c(NC(=O)C2CCCCC2C(=O)N2CCCC2)c1. The molecule has 0 spiro atoms. The van der Waals surface area contributed by atoms with E-state index in [2.05, 4.69) is 5.32 Å². The Kier molecular flexibility index (Phi) is 5.54. The largest absolute Gasteiger partial charge is 0.478 e. The minimum absolute atomic E-state index is 0.0158. The number of carboxylic acids is 1. The summed E-state index contributed by atoms with van der Waals surface area (Å²) in [7, 11) is 0. The number of anilines is 1. The summed E-state index contributed by atoms with van der Waals surface area (Å²) < 4.78 is 14.0. The maximum atomic E-state index is 14.0. The van der Waals surface area contributed by atoms with Crippen LogP contribution in [0.15, 0.2) is 18.2 Å². The molecule has 0 bridgehead atoms. The van der Waals surface area contributed by atoms with Gasteiger partial charge in [-0.15, -0.1) is 0 Å². The summed E-state index contributed by atoms with van der Waals surface area (Å²) in [6.45, 7) is 1.47. The van der Waals surface area contributed by atoms with Gasteiger partial charge in [-0.2, -0.15) is 0 Å².